The van der Waals surface area contributed by atoms with E-state index in [9.17, 15) is 0 Å². The first-order valence-corrected chi connectivity index (χ1v) is 7.77. The summed E-state index contributed by atoms with van der Waals surface area (Å²) in [5.74, 6) is 2.36. The molecule has 2 aliphatic carbocycles. The van der Waals surface area contributed by atoms with Gasteiger partial charge in [-0.1, -0.05) is 13.8 Å². The molecule has 0 bridgehead atoms. The lowest BCUT2D eigenvalue weighted by molar-refractivity contribution is 0.464. The third kappa shape index (κ3) is 2.24. The van der Waals surface area contributed by atoms with Crippen LogP contribution in [0.15, 0.2) is 19.6 Å². The highest BCUT2D eigenvalue weighted by Crippen LogP contribution is 2.64. The quantitative estimate of drug-likeness (QED) is 0.863. The van der Waals surface area contributed by atoms with Gasteiger partial charge in [-0.3, -0.25) is 0 Å². The van der Waals surface area contributed by atoms with E-state index in [1.165, 1.54) is 12.8 Å². The van der Waals surface area contributed by atoms with Gasteiger partial charge in [0.15, 0.2) is 4.67 Å². The number of rotatable bonds is 4. The molecule has 0 radical (unpaired) electrons. The Bertz CT molecular complexity index is 417. The van der Waals surface area contributed by atoms with Gasteiger partial charge >= 0.3 is 0 Å². The summed E-state index contributed by atoms with van der Waals surface area (Å²) in [6.07, 6.45) is 2.71. The summed E-state index contributed by atoms with van der Waals surface area (Å²) in [5, 5.41) is 3.63. The van der Waals surface area contributed by atoms with Crippen molar-refractivity contribution in [3.63, 3.8) is 0 Å². The molecule has 1 aromatic heterocycles. The molecule has 2 atom stereocenters. The van der Waals surface area contributed by atoms with Crippen LogP contribution in [0.1, 0.15) is 38.4 Å². The Balaban J connectivity index is 1.70. The monoisotopic (exact) mass is 361 g/mol. The predicted octanol–water partition coefficient (Wildman–Crippen LogP) is 4.30. The van der Waals surface area contributed by atoms with Gasteiger partial charge in [0.05, 0.1) is 4.47 Å². The first-order chi connectivity index (χ1) is 8.00. The summed E-state index contributed by atoms with van der Waals surface area (Å²) < 4.78 is 7.60. The summed E-state index contributed by atoms with van der Waals surface area (Å²) in [6, 6.07) is 2.90. The Kier molecular flexibility index (Phi) is 2.96. The highest BCUT2D eigenvalue weighted by atomic mass is 79.9. The van der Waals surface area contributed by atoms with E-state index in [4.69, 9.17) is 4.42 Å². The zero-order valence-electron chi connectivity index (χ0n) is 10.1. The van der Waals surface area contributed by atoms with Crippen LogP contribution in [0.25, 0.3) is 0 Å². The molecule has 1 N–H and O–H groups in total. The normalized spacial score (nSPS) is 30.6. The molecule has 2 nitrogen and oxygen atoms in total. The van der Waals surface area contributed by atoms with Gasteiger partial charge in [0.25, 0.3) is 0 Å². The molecule has 0 amide bonds. The minimum atomic E-state index is 0.360. The molecule has 0 aromatic carbocycles. The van der Waals surface area contributed by atoms with Crippen LogP contribution in [0.2, 0.25) is 0 Å². The van der Waals surface area contributed by atoms with Gasteiger partial charge < -0.3 is 9.73 Å². The van der Waals surface area contributed by atoms with Gasteiger partial charge in [0.1, 0.15) is 5.76 Å². The molecule has 17 heavy (non-hydrogen) atoms. The van der Waals surface area contributed by atoms with E-state index in [-0.39, 0.29) is 0 Å². The molecule has 4 heteroatoms. The fourth-order valence-corrected chi connectivity index (χ4v) is 3.40. The Morgan fingerprint density at radius 2 is 2.12 bits per heavy atom. The van der Waals surface area contributed by atoms with E-state index in [1.54, 1.807) is 0 Å². The number of hydrogen-bond acceptors (Lipinski definition) is 2. The third-order valence-electron chi connectivity index (χ3n) is 4.23. The molecule has 1 aromatic rings. The van der Waals surface area contributed by atoms with E-state index in [0.717, 1.165) is 27.5 Å². The van der Waals surface area contributed by atoms with E-state index in [1.807, 2.05) is 0 Å². The summed E-state index contributed by atoms with van der Waals surface area (Å²) >= 11 is 6.90. The number of halogens is 2. The molecule has 0 saturated heterocycles. The van der Waals surface area contributed by atoms with E-state index in [0.29, 0.717) is 17.3 Å². The molecule has 2 saturated carbocycles. The summed E-state index contributed by atoms with van der Waals surface area (Å²) in [6.45, 7) is 5.79. The minimum Gasteiger partial charge on any atom is -0.453 e. The Labute approximate surface area is 119 Å². The van der Waals surface area contributed by atoms with Crippen molar-refractivity contribution < 1.29 is 4.42 Å². The van der Waals surface area contributed by atoms with Crippen LogP contribution in [0.4, 0.5) is 0 Å². The van der Waals surface area contributed by atoms with Crippen LogP contribution < -0.4 is 5.32 Å². The zero-order valence-corrected chi connectivity index (χ0v) is 13.3. The van der Waals surface area contributed by atoms with Crippen LogP contribution in [0.5, 0.6) is 0 Å². The van der Waals surface area contributed by atoms with Crippen LogP contribution >= 0.6 is 31.9 Å². The van der Waals surface area contributed by atoms with Gasteiger partial charge in [0, 0.05) is 12.0 Å². The lowest BCUT2D eigenvalue weighted by Crippen LogP contribution is -2.20. The molecule has 1 heterocycles. The van der Waals surface area contributed by atoms with Gasteiger partial charge in [-0.2, -0.15) is 0 Å². The van der Waals surface area contributed by atoms with Crippen molar-refractivity contribution in [1.29, 1.82) is 0 Å². The molecule has 0 aliphatic heterocycles. The predicted molar refractivity (Wildman–Crippen MR) is 75.1 cm³/mol. The highest BCUT2D eigenvalue weighted by molar-refractivity contribution is 9.13. The average molecular weight is 363 g/mol. The molecule has 94 valence electrons. The molecular formula is C13H17Br2NO. The van der Waals surface area contributed by atoms with Crippen molar-refractivity contribution in [2.75, 3.05) is 6.54 Å². The highest BCUT2D eigenvalue weighted by Gasteiger charge is 2.59. The smallest absolute Gasteiger partial charge is 0.183 e. The van der Waals surface area contributed by atoms with Crippen molar-refractivity contribution in [3.8, 4) is 0 Å². The van der Waals surface area contributed by atoms with E-state index in [2.05, 4.69) is 57.1 Å². The van der Waals surface area contributed by atoms with Crippen molar-refractivity contribution >= 4 is 31.9 Å². The minimum absolute atomic E-state index is 0.360. The largest absolute Gasteiger partial charge is 0.453 e. The molecule has 2 unspecified atom stereocenters. The molecule has 2 fully saturated rings. The Morgan fingerprint density at radius 1 is 1.41 bits per heavy atom. The van der Waals surface area contributed by atoms with Crippen molar-refractivity contribution in [2.45, 2.75) is 38.6 Å². The molecule has 3 rings (SSSR count). The maximum atomic E-state index is 5.77. The van der Waals surface area contributed by atoms with Crippen LogP contribution in [0, 0.1) is 11.3 Å². The maximum Gasteiger partial charge on any atom is 0.183 e. The standard InChI is InChI=1S/C13H17Br2NO/c1-13(2)8(6-16-7-3-4-7)11(13)10-5-9(14)12(15)17-10/h5,7-8,11,16H,3-4,6H2,1-2H3. The van der Waals surface area contributed by atoms with E-state index >= 15 is 0 Å². The van der Waals surface area contributed by atoms with Gasteiger partial charge in [-0.15, -0.1) is 0 Å². The van der Waals surface area contributed by atoms with Crippen molar-refractivity contribution in [1.82, 2.24) is 5.32 Å². The first-order valence-electron chi connectivity index (χ1n) is 6.18. The summed E-state index contributed by atoms with van der Waals surface area (Å²) in [7, 11) is 0. The lowest BCUT2D eigenvalue weighted by atomic mass is 10.1. The second-order valence-electron chi connectivity index (χ2n) is 5.86. The number of nitrogens with one attached hydrogen (secondary N) is 1. The third-order valence-corrected chi connectivity index (χ3v) is 5.94. The molecule has 0 spiro atoms. The lowest BCUT2D eigenvalue weighted by Gasteiger charge is -2.02. The topological polar surface area (TPSA) is 25.2 Å². The van der Waals surface area contributed by atoms with Crippen molar-refractivity contribution in [3.05, 3.63) is 21.0 Å². The fraction of sp³-hybridized carbons (Fsp3) is 0.692. The number of furan rings is 1. The summed E-state index contributed by atoms with van der Waals surface area (Å²) in [5.41, 5.74) is 0.360. The van der Waals surface area contributed by atoms with Crippen LogP contribution in [-0.2, 0) is 0 Å². The SMILES string of the molecule is CC1(C)C(CNC2CC2)C1c1cc(Br)c(Br)o1. The second kappa shape index (κ2) is 4.10. The Hall–Kier alpha value is 0.200. The first kappa shape index (κ1) is 12.2. The van der Waals surface area contributed by atoms with Crippen LogP contribution in [-0.4, -0.2) is 12.6 Å². The molecular weight excluding hydrogens is 346 g/mol. The Morgan fingerprint density at radius 3 is 2.65 bits per heavy atom. The van der Waals surface area contributed by atoms with Crippen LogP contribution in [0.3, 0.4) is 0 Å². The summed E-state index contributed by atoms with van der Waals surface area (Å²) in [4.78, 5) is 0. The van der Waals surface area contributed by atoms with Crippen molar-refractivity contribution in [2.24, 2.45) is 11.3 Å². The second-order valence-corrected chi connectivity index (χ2v) is 7.43. The number of hydrogen-bond donors (Lipinski definition) is 1. The average Bonchev–Trinajstić information content (AvgIpc) is 3.10. The molecule has 2 aliphatic rings. The van der Waals surface area contributed by atoms with E-state index < -0.39 is 0 Å². The zero-order chi connectivity index (χ0) is 12.2. The van der Waals surface area contributed by atoms with Gasteiger partial charge in [-0.05, 0) is 68.6 Å². The van der Waals surface area contributed by atoms with Gasteiger partial charge in [-0.25, -0.2) is 0 Å². The maximum absolute atomic E-state index is 5.77. The van der Waals surface area contributed by atoms with Gasteiger partial charge in [0.2, 0.25) is 0 Å². The fourth-order valence-electron chi connectivity index (χ4n) is 2.79.